The van der Waals surface area contributed by atoms with Crippen LogP contribution >= 0.6 is 15.9 Å². The van der Waals surface area contributed by atoms with Crippen LogP contribution in [0.1, 0.15) is 30.9 Å². The Morgan fingerprint density at radius 2 is 2.20 bits per heavy atom. The standard InChI is InChI=1S/C19H26BrN5/c1-3-21-18(22-9-10-25-13-15(2)12-24-25)23-14-19(7-8-19)16-5-4-6-17(20)11-16/h4-6,11-13H,3,7-10,14H2,1-2H3,(H2,21,22,23). The lowest BCUT2D eigenvalue weighted by atomic mass is 9.96. The number of guanidine groups is 1. The van der Waals surface area contributed by atoms with Crippen LogP contribution in [-0.2, 0) is 12.0 Å². The number of nitrogens with zero attached hydrogens (tertiary/aromatic N) is 3. The van der Waals surface area contributed by atoms with Crippen molar-refractivity contribution in [3.8, 4) is 0 Å². The molecule has 134 valence electrons. The summed E-state index contributed by atoms with van der Waals surface area (Å²) in [5.74, 6) is 0.882. The van der Waals surface area contributed by atoms with E-state index in [4.69, 9.17) is 4.99 Å². The zero-order valence-electron chi connectivity index (χ0n) is 14.9. The van der Waals surface area contributed by atoms with Gasteiger partial charge in [0, 0.05) is 29.2 Å². The van der Waals surface area contributed by atoms with Crippen molar-refractivity contribution in [2.45, 2.75) is 38.6 Å². The molecule has 5 nitrogen and oxygen atoms in total. The first kappa shape index (κ1) is 18.0. The topological polar surface area (TPSA) is 54.2 Å². The summed E-state index contributed by atoms with van der Waals surface area (Å²) in [5.41, 5.74) is 2.78. The summed E-state index contributed by atoms with van der Waals surface area (Å²) in [7, 11) is 0. The largest absolute Gasteiger partial charge is 0.357 e. The van der Waals surface area contributed by atoms with Gasteiger partial charge in [0.25, 0.3) is 0 Å². The van der Waals surface area contributed by atoms with Gasteiger partial charge >= 0.3 is 0 Å². The highest BCUT2D eigenvalue weighted by molar-refractivity contribution is 9.10. The Morgan fingerprint density at radius 1 is 1.36 bits per heavy atom. The molecule has 1 aromatic heterocycles. The van der Waals surface area contributed by atoms with Crippen molar-refractivity contribution in [1.82, 2.24) is 20.4 Å². The lowest BCUT2D eigenvalue weighted by molar-refractivity contribution is 0.596. The fourth-order valence-corrected chi connectivity index (χ4v) is 3.36. The summed E-state index contributed by atoms with van der Waals surface area (Å²) in [5, 5.41) is 11.1. The molecule has 0 radical (unpaired) electrons. The first-order valence-electron chi connectivity index (χ1n) is 8.89. The lowest BCUT2D eigenvalue weighted by Crippen LogP contribution is -2.39. The second kappa shape index (κ2) is 8.04. The molecule has 0 atom stereocenters. The highest BCUT2D eigenvalue weighted by Crippen LogP contribution is 2.48. The smallest absolute Gasteiger partial charge is 0.191 e. The molecule has 0 spiro atoms. The predicted molar refractivity (Wildman–Crippen MR) is 106 cm³/mol. The van der Waals surface area contributed by atoms with E-state index < -0.39 is 0 Å². The monoisotopic (exact) mass is 403 g/mol. The fraction of sp³-hybridized carbons (Fsp3) is 0.474. The molecular weight excluding hydrogens is 378 g/mol. The summed E-state index contributed by atoms with van der Waals surface area (Å²) >= 11 is 3.58. The van der Waals surface area contributed by atoms with Gasteiger partial charge in [-0.2, -0.15) is 5.10 Å². The van der Waals surface area contributed by atoms with Crippen molar-refractivity contribution in [1.29, 1.82) is 0 Å². The first-order valence-corrected chi connectivity index (χ1v) is 9.68. The number of hydrogen-bond donors (Lipinski definition) is 2. The van der Waals surface area contributed by atoms with Crippen LogP contribution < -0.4 is 10.6 Å². The molecule has 1 saturated carbocycles. The van der Waals surface area contributed by atoms with Gasteiger partial charge in [-0.1, -0.05) is 28.1 Å². The van der Waals surface area contributed by atoms with Crippen LogP contribution in [-0.4, -0.2) is 35.4 Å². The number of rotatable bonds is 7. The van der Waals surface area contributed by atoms with Crippen molar-refractivity contribution >= 4 is 21.9 Å². The van der Waals surface area contributed by atoms with E-state index in [0.29, 0.717) is 0 Å². The van der Waals surface area contributed by atoms with Gasteiger partial charge in [-0.15, -0.1) is 0 Å². The summed E-state index contributed by atoms with van der Waals surface area (Å²) in [6.07, 6.45) is 6.35. The number of aryl methyl sites for hydroxylation is 1. The maximum Gasteiger partial charge on any atom is 0.191 e. The molecule has 1 aromatic carbocycles. The van der Waals surface area contributed by atoms with Gasteiger partial charge in [0.15, 0.2) is 5.96 Å². The Bertz CT molecular complexity index is 733. The van der Waals surface area contributed by atoms with Crippen molar-refractivity contribution in [3.63, 3.8) is 0 Å². The van der Waals surface area contributed by atoms with Gasteiger partial charge in [-0.25, -0.2) is 0 Å². The summed E-state index contributed by atoms with van der Waals surface area (Å²) in [4.78, 5) is 4.84. The van der Waals surface area contributed by atoms with Crippen LogP contribution in [0.15, 0.2) is 46.1 Å². The first-order chi connectivity index (χ1) is 12.1. The molecule has 1 heterocycles. The maximum atomic E-state index is 4.84. The second-order valence-electron chi connectivity index (χ2n) is 6.69. The zero-order chi connectivity index (χ0) is 17.7. The Balaban J connectivity index is 1.58. The van der Waals surface area contributed by atoms with E-state index in [9.17, 15) is 0 Å². The molecule has 0 amide bonds. The molecule has 0 saturated heterocycles. The van der Waals surface area contributed by atoms with Crippen LogP contribution in [0, 0.1) is 6.92 Å². The van der Waals surface area contributed by atoms with Gasteiger partial charge in [0.05, 0.1) is 19.3 Å². The SMILES string of the molecule is CCNC(=NCC1(c2cccc(Br)c2)CC1)NCCn1cc(C)cn1. The average Bonchev–Trinajstić information content (AvgIpc) is 3.28. The number of aromatic nitrogens is 2. The highest BCUT2D eigenvalue weighted by Gasteiger charge is 2.44. The van der Waals surface area contributed by atoms with Crippen LogP contribution in [0.3, 0.4) is 0 Å². The third-order valence-corrected chi connectivity index (χ3v) is 5.06. The highest BCUT2D eigenvalue weighted by atomic mass is 79.9. The van der Waals surface area contributed by atoms with Gasteiger partial charge in [-0.3, -0.25) is 9.67 Å². The minimum atomic E-state index is 0.214. The molecule has 6 heteroatoms. The van der Waals surface area contributed by atoms with E-state index in [-0.39, 0.29) is 5.41 Å². The Labute approximate surface area is 158 Å². The molecule has 25 heavy (non-hydrogen) atoms. The minimum absolute atomic E-state index is 0.214. The quantitative estimate of drug-likeness (QED) is 0.550. The van der Waals surface area contributed by atoms with E-state index in [2.05, 4.69) is 76.0 Å². The summed E-state index contributed by atoms with van der Waals surface area (Å²) < 4.78 is 3.09. The van der Waals surface area contributed by atoms with Crippen molar-refractivity contribution < 1.29 is 0 Å². The Morgan fingerprint density at radius 3 is 2.84 bits per heavy atom. The average molecular weight is 404 g/mol. The van der Waals surface area contributed by atoms with Gasteiger partial charge in [0.2, 0.25) is 0 Å². The fourth-order valence-electron chi connectivity index (χ4n) is 2.96. The van der Waals surface area contributed by atoms with Crippen LogP contribution in [0.5, 0.6) is 0 Å². The summed E-state index contributed by atoms with van der Waals surface area (Å²) in [6.45, 7) is 7.46. The molecule has 0 bridgehead atoms. The van der Waals surface area contributed by atoms with E-state index >= 15 is 0 Å². The molecule has 2 N–H and O–H groups in total. The number of nitrogens with one attached hydrogen (secondary N) is 2. The normalized spacial score (nSPS) is 15.9. The second-order valence-corrected chi connectivity index (χ2v) is 7.61. The molecule has 2 aromatic rings. The van der Waals surface area contributed by atoms with Gasteiger partial charge in [0.1, 0.15) is 0 Å². The number of benzene rings is 1. The molecule has 1 aliphatic rings. The summed E-state index contributed by atoms with van der Waals surface area (Å²) in [6, 6.07) is 8.63. The number of halogens is 1. The van der Waals surface area contributed by atoms with Crippen LogP contribution in [0.25, 0.3) is 0 Å². The molecule has 3 rings (SSSR count). The predicted octanol–water partition coefficient (Wildman–Crippen LogP) is 3.24. The minimum Gasteiger partial charge on any atom is -0.357 e. The lowest BCUT2D eigenvalue weighted by Gasteiger charge is -2.16. The van der Waals surface area contributed by atoms with Crippen LogP contribution in [0.4, 0.5) is 0 Å². The van der Waals surface area contributed by atoms with E-state index in [1.807, 2.05) is 10.9 Å². The van der Waals surface area contributed by atoms with Crippen molar-refractivity contribution in [2.24, 2.45) is 4.99 Å². The van der Waals surface area contributed by atoms with E-state index in [0.717, 1.165) is 36.6 Å². The van der Waals surface area contributed by atoms with E-state index in [1.54, 1.807) is 0 Å². The number of aliphatic imine (C=N–C) groups is 1. The molecule has 1 fully saturated rings. The van der Waals surface area contributed by atoms with E-state index in [1.165, 1.54) is 24.0 Å². The molecular formula is C19H26BrN5. The third-order valence-electron chi connectivity index (χ3n) is 4.57. The van der Waals surface area contributed by atoms with Gasteiger partial charge in [-0.05, 0) is 49.9 Å². The molecule has 0 aliphatic heterocycles. The van der Waals surface area contributed by atoms with Gasteiger partial charge < -0.3 is 10.6 Å². The Hall–Kier alpha value is -1.82. The van der Waals surface area contributed by atoms with Crippen molar-refractivity contribution in [3.05, 3.63) is 52.3 Å². The van der Waals surface area contributed by atoms with Crippen molar-refractivity contribution in [2.75, 3.05) is 19.6 Å². The van der Waals surface area contributed by atoms with Crippen LogP contribution in [0.2, 0.25) is 0 Å². The number of hydrogen-bond acceptors (Lipinski definition) is 2. The Kier molecular flexibility index (Phi) is 5.78. The molecule has 1 aliphatic carbocycles. The maximum absolute atomic E-state index is 4.84. The third kappa shape index (κ3) is 4.84. The zero-order valence-corrected chi connectivity index (χ0v) is 16.5. The molecule has 0 unspecified atom stereocenters.